The molecule has 0 aliphatic heterocycles. The van der Waals surface area contributed by atoms with Crippen LogP contribution in [0.5, 0.6) is 0 Å². The molecular weight excluding hydrogens is 242 g/mol. The molecule has 0 radical (unpaired) electrons. The molecule has 5 nitrogen and oxygen atoms in total. The second-order valence-electron chi connectivity index (χ2n) is 3.41. The average molecular weight is 248 g/mol. The molecule has 0 spiro atoms. The minimum atomic E-state index is -0.516. The quantitative estimate of drug-likeness (QED) is 0.660. The minimum Gasteiger partial charge on any atom is -0.418 e. The second-order valence-corrected chi connectivity index (χ2v) is 3.76. The molecule has 84 valence electrons. The van der Waals surface area contributed by atoms with E-state index in [2.05, 4.69) is 10.3 Å². The smallest absolute Gasteiger partial charge is 0.364 e. The molecule has 1 aromatic carbocycles. The van der Waals surface area contributed by atoms with Crippen molar-refractivity contribution in [3.05, 3.63) is 52.1 Å². The van der Waals surface area contributed by atoms with Crippen LogP contribution in [0, 0.1) is 0 Å². The Hall–Kier alpha value is -2.14. The third-order valence-corrected chi connectivity index (χ3v) is 2.69. The van der Waals surface area contributed by atoms with Gasteiger partial charge in [0.2, 0.25) is 0 Å². The summed E-state index contributed by atoms with van der Waals surface area (Å²) < 4.78 is 6.44. The molecule has 3 aromatic rings. The maximum atomic E-state index is 11.7. The summed E-state index contributed by atoms with van der Waals surface area (Å²) in [5, 5.41) is 7.59. The fraction of sp³-hybridized carbons (Fsp3) is 0. The Balaban J connectivity index is 2.38. The van der Waals surface area contributed by atoms with Gasteiger partial charge in [0.05, 0.1) is 6.20 Å². The largest absolute Gasteiger partial charge is 0.418 e. The predicted molar refractivity (Wildman–Crippen MR) is 62.0 cm³/mol. The molecule has 6 heteroatoms. The van der Waals surface area contributed by atoms with Crippen molar-refractivity contribution in [3.63, 3.8) is 0 Å². The van der Waals surface area contributed by atoms with Crippen molar-refractivity contribution in [2.24, 2.45) is 0 Å². The molecule has 0 unspecified atom stereocenters. The van der Waals surface area contributed by atoms with E-state index < -0.39 is 5.63 Å². The van der Waals surface area contributed by atoms with E-state index in [1.54, 1.807) is 12.1 Å². The first-order valence-electron chi connectivity index (χ1n) is 4.86. The van der Waals surface area contributed by atoms with E-state index in [-0.39, 0.29) is 16.4 Å². The number of rotatable bonds is 1. The summed E-state index contributed by atoms with van der Waals surface area (Å²) in [6.07, 6.45) is 1.31. The lowest BCUT2D eigenvalue weighted by atomic mass is 10.2. The highest BCUT2D eigenvalue weighted by molar-refractivity contribution is 6.31. The van der Waals surface area contributed by atoms with E-state index in [1.165, 1.54) is 10.7 Å². The van der Waals surface area contributed by atoms with E-state index in [9.17, 15) is 4.79 Å². The highest BCUT2D eigenvalue weighted by Crippen LogP contribution is 2.26. The van der Waals surface area contributed by atoms with Crippen LogP contribution in [0.1, 0.15) is 0 Å². The molecule has 2 aromatic heterocycles. The molecule has 0 saturated carbocycles. The summed E-state index contributed by atoms with van der Waals surface area (Å²) >= 11 is 6.12. The molecule has 3 rings (SSSR count). The van der Waals surface area contributed by atoms with Gasteiger partial charge in [-0.05, 0) is 0 Å². The fourth-order valence-electron chi connectivity index (χ4n) is 1.57. The van der Waals surface area contributed by atoms with Gasteiger partial charge in [-0.25, -0.2) is 4.79 Å². The SMILES string of the molecule is O=c1oc(-c2ccccc2)c(Cl)n2nncc12. The molecule has 0 amide bonds. The average Bonchev–Trinajstić information content (AvgIpc) is 2.85. The first kappa shape index (κ1) is 10.0. The van der Waals surface area contributed by atoms with Crippen molar-refractivity contribution in [2.75, 3.05) is 0 Å². The van der Waals surface area contributed by atoms with Crippen LogP contribution in [0.2, 0.25) is 5.15 Å². The summed E-state index contributed by atoms with van der Waals surface area (Å²) in [5.41, 5.74) is 0.417. The van der Waals surface area contributed by atoms with Crippen molar-refractivity contribution in [1.29, 1.82) is 0 Å². The number of benzene rings is 1. The predicted octanol–water partition coefficient (Wildman–Crippen LogP) is 2.00. The Labute approximate surface area is 100 Å². The Morgan fingerprint density at radius 2 is 2.00 bits per heavy atom. The van der Waals surface area contributed by atoms with Crippen molar-refractivity contribution in [1.82, 2.24) is 14.8 Å². The number of halogens is 1. The van der Waals surface area contributed by atoms with Crippen LogP contribution in [0.3, 0.4) is 0 Å². The lowest BCUT2D eigenvalue weighted by molar-refractivity contribution is 0.521. The lowest BCUT2D eigenvalue weighted by Gasteiger charge is -2.03. The van der Waals surface area contributed by atoms with Crippen LogP contribution in [-0.2, 0) is 0 Å². The second kappa shape index (κ2) is 3.71. The molecule has 0 N–H and O–H groups in total. The Kier molecular flexibility index (Phi) is 2.19. The molecule has 17 heavy (non-hydrogen) atoms. The van der Waals surface area contributed by atoms with E-state index >= 15 is 0 Å². The van der Waals surface area contributed by atoms with E-state index in [0.717, 1.165) is 0 Å². The monoisotopic (exact) mass is 247 g/mol. The third-order valence-electron chi connectivity index (χ3n) is 2.36. The molecule has 0 atom stereocenters. The summed E-state index contributed by atoms with van der Waals surface area (Å²) in [4.78, 5) is 11.7. The van der Waals surface area contributed by atoms with Gasteiger partial charge in [0.15, 0.2) is 16.4 Å². The summed E-state index contributed by atoms with van der Waals surface area (Å²) in [5.74, 6) is 0.287. The van der Waals surface area contributed by atoms with Gasteiger partial charge < -0.3 is 4.42 Å². The van der Waals surface area contributed by atoms with Gasteiger partial charge in [-0.2, -0.15) is 4.52 Å². The van der Waals surface area contributed by atoms with Crippen LogP contribution >= 0.6 is 11.6 Å². The van der Waals surface area contributed by atoms with E-state index in [0.29, 0.717) is 5.56 Å². The Bertz CT molecular complexity index is 733. The third kappa shape index (κ3) is 1.52. The van der Waals surface area contributed by atoms with Crippen molar-refractivity contribution < 1.29 is 4.42 Å². The van der Waals surface area contributed by atoms with Gasteiger partial charge in [-0.1, -0.05) is 47.1 Å². The van der Waals surface area contributed by atoms with Crippen LogP contribution in [0.4, 0.5) is 0 Å². The number of hydrogen-bond acceptors (Lipinski definition) is 4. The molecular formula is C11H6ClN3O2. The highest BCUT2D eigenvalue weighted by atomic mass is 35.5. The zero-order chi connectivity index (χ0) is 11.8. The van der Waals surface area contributed by atoms with Crippen LogP contribution < -0.4 is 5.63 Å². The normalized spacial score (nSPS) is 10.9. The van der Waals surface area contributed by atoms with Crippen molar-refractivity contribution in [2.45, 2.75) is 0 Å². The van der Waals surface area contributed by atoms with E-state index in [4.69, 9.17) is 16.0 Å². The number of aromatic nitrogens is 3. The standard InChI is InChI=1S/C11H6ClN3O2/c12-10-9(7-4-2-1-3-5-7)17-11(16)8-6-13-14-15(8)10/h1-6H. The summed E-state index contributed by atoms with van der Waals surface area (Å²) in [6, 6.07) is 9.12. The Morgan fingerprint density at radius 3 is 2.76 bits per heavy atom. The van der Waals surface area contributed by atoms with Gasteiger partial charge >= 0.3 is 5.63 Å². The zero-order valence-electron chi connectivity index (χ0n) is 8.50. The van der Waals surface area contributed by atoms with Crippen LogP contribution in [0.15, 0.2) is 45.7 Å². The van der Waals surface area contributed by atoms with Gasteiger partial charge in [-0.15, -0.1) is 5.10 Å². The summed E-state index contributed by atoms with van der Waals surface area (Å²) in [6.45, 7) is 0. The zero-order valence-corrected chi connectivity index (χ0v) is 9.26. The molecule has 0 saturated heterocycles. The van der Waals surface area contributed by atoms with Crippen LogP contribution in [0.25, 0.3) is 16.8 Å². The first-order chi connectivity index (χ1) is 8.27. The van der Waals surface area contributed by atoms with Crippen molar-refractivity contribution >= 4 is 17.1 Å². The van der Waals surface area contributed by atoms with Crippen molar-refractivity contribution in [3.8, 4) is 11.3 Å². The minimum absolute atomic E-state index is 0.217. The fourth-order valence-corrected chi connectivity index (χ4v) is 1.84. The molecule has 2 heterocycles. The lowest BCUT2D eigenvalue weighted by Crippen LogP contribution is -2.06. The maximum Gasteiger partial charge on any atom is 0.364 e. The summed E-state index contributed by atoms with van der Waals surface area (Å²) in [7, 11) is 0. The van der Waals surface area contributed by atoms with Crippen LogP contribution in [-0.4, -0.2) is 14.8 Å². The number of hydrogen-bond donors (Lipinski definition) is 0. The van der Waals surface area contributed by atoms with Gasteiger partial charge in [-0.3, -0.25) is 0 Å². The Morgan fingerprint density at radius 1 is 1.24 bits per heavy atom. The number of nitrogens with zero attached hydrogens (tertiary/aromatic N) is 3. The topological polar surface area (TPSA) is 60.4 Å². The highest BCUT2D eigenvalue weighted by Gasteiger charge is 2.14. The van der Waals surface area contributed by atoms with E-state index in [1.807, 2.05) is 18.2 Å². The molecule has 0 aliphatic rings. The molecule has 0 fully saturated rings. The first-order valence-corrected chi connectivity index (χ1v) is 5.23. The van der Waals surface area contributed by atoms with Gasteiger partial charge in [0.25, 0.3) is 0 Å². The number of fused-ring (bicyclic) bond motifs is 1. The molecule has 0 bridgehead atoms. The maximum absolute atomic E-state index is 11.7. The van der Waals surface area contributed by atoms with Gasteiger partial charge in [0.1, 0.15) is 0 Å². The molecule has 0 aliphatic carbocycles. The van der Waals surface area contributed by atoms with Gasteiger partial charge in [0, 0.05) is 5.56 Å².